The summed E-state index contributed by atoms with van der Waals surface area (Å²) in [4.78, 5) is 20.1. The number of rotatable bonds is 5. The highest BCUT2D eigenvalue weighted by Gasteiger charge is 2.39. The van der Waals surface area contributed by atoms with Crippen LogP contribution in [0.5, 0.6) is 5.75 Å². The molecule has 1 atom stereocenters. The van der Waals surface area contributed by atoms with Gasteiger partial charge in [-0.15, -0.1) is 11.3 Å². The van der Waals surface area contributed by atoms with Crippen LogP contribution in [0.15, 0.2) is 40.7 Å². The van der Waals surface area contributed by atoms with Crippen molar-refractivity contribution >= 4 is 44.9 Å². The first-order valence-corrected chi connectivity index (χ1v) is 12.2. The minimum absolute atomic E-state index is 0.135. The van der Waals surface area contributed by atoms with E-state index >= 15 is 0 Å². The third-order valence-electron chi connectivity index (χ3n) is 5.59. The number of hydrogen-bond donors (Lipinski definition) is 0. The average molecular weight is 441 g/mol. The fourth-order valence-corrected chi connectivity index (χ4v) is 6.36. The van der Waals surface area contributed by atoms with Crippen molar-refractivity contribution in [3.63, 3.8) is 0 Å². The Kier molecular flexibility index (Phi) is 5.82. The zero-order chi connectivity index (χ0) is 21.5. The number of aryl methyl sites for hydroxylation is 1. The third kappa shape index (κ3) is 4.08. The topological polar surface area (TPSA) is 42.4 Å². The molecular formula is C24H28N2O2S2. The largest absolute Gasteiger partial charge is 0.494 e. The van der Waals surface area contributed by atoms with Crippen LogP contribution in [0.25, 0.3) is 10.2 Å². The summed E-state index contributed by atoms with van der Waals surface area (Å²) in [6, 6.07) is 12.4. The average Bonchev–Trinajstić information content (AvgIpc) is 3.09. The molecule has 0 N–H and O–H groups in total. The standard InChI is InChI=1S/C24H28N2O2S2/c1-6-28-17-8-9-19-21(12-17)30-23(25-19)29-14-22(27)26-20-10-7-15(2)11-18(20)16(3)13-24(26,4)5/h7-12,16H,6,13-14H2,1-5H3/t16-/m0/s1. The Morgan fingerprint density at radius 3 is 2.87 bits per heavy atom. The number of thiazole rings is 1. The lowest BCUT2D eigenvalue weighted by Crippen LogP contribution is -2.52. The Bertz CT molecular complexity index is 1090. The van der Waals surface area contributed by atoms with Crippen LogP contribution in [-0.2, 0) is 4.79 Å². The third-order valence-corrected chi connectivity index (χ3v) is 7.73. The van der Waals surface area contributed by atoms with Gasteiger partial charge in [0.15, 0.2) is 4.34 Å². The van der Waals surface area contributed by atoms with Gasteiger partial charge in [-0.1, -0.05) is 36.4 Å². The van der Waals surface area contributed by atoms with Gasteiger partial charge in [0.25, 0.3) is 0 Å². The number of aromatic nitrogens is 1. The SMILES string of the molecule is CCOc1ccc2nc(SCC(=O)N3c4ccc(C)cc4[C@@H](C)CC3(C)C)sc2c1. The van der Waals surface area contributed by atoms with Gasteiger partial charge in [0.2, 0.25) is 5.91 Å². The molecule has 1 aliphatic heterocycles. The summed E-state index contributed by atoms with van der Waals surface area (Å²) in [6.07, 6.45) is 0.960. The van der Waals surface area contributed by atoms with Crippen LogP contribution in [0.3, 0.4) is 0 Å². The van der Waals surface area contributed by atoms with Crippen LogP contribution in [0.1, 0.15) is 51.2 Å². The van der Waals surface area contributed by atoms with Crippen molar-refractivity contribution in [2.75, 3.05) is 17.3 Å². The summed E-state index contributed by atoms with van der Waals surface area (Å²) >= 11 is 3.14. The van der Waals surface area contributed by atoms with Crippen LogP contribution in [0.2, 0.25) is 0 Å². The van der Waals surface area contributed by atoms with E-state index in [4.69, 9.17) is 9.72 Å². The molecule has 3 aromatic rings. The molecule has 0 aliphatic carbocycles. The van der Waals surface area contributed by atoms with Gasteiger partial charge in [0, 0.05) is 11.2 Å². The van der Waals surface area contributed by atoms with Crippen LogP contribution in [-0.4, -0.2) is 28.8 Å². The molecule has 4 rings (SSSR count). The van der Waals surface area contributed by atoms with E-state index in [0.717, 1.165) is 32.4 Å². The number of nitrogens with zero attached hydrogens (tertiary/aromatic N) is 2. The van der Waals surface area contributed by atoms with Gasteiger partial charge in [-0.05, 0) is 69.9 Å². The molecule has 0 unspecified atom stereocenters. The lowest BCUT2D eigenvalue weighted by atomic mass is 9.79. The monoisotopic (exact) mass is 440 g/mol. The van der Waals surface area contributed by atoms with Gasteiger partial charge in [-0.25, -0.2) is 4.98 Å². The summed E-state index contributed by atoms with van der Waals surface area (Å²) < 4.78 is 7.59. The van der Waals surface area contributed by atoms with Gasteiger partial charge in [0.05, 0.1) is 22.6 Å². The molecule has 2 heterocycles. The zero-order valence-corrected chi connectivity index (χ0v) is 19.8. The van der Waals surface area contributed by atoms with E-state index in [1.54, 1.807) is 11.3 Å². The van der Waals surface area contributed by atoms with Crippen molar-refractivity contribution < 1.29 is 9.53 Å². The van der Waals surface area contributed by atoms with Crippen molar-refractivity contribution in [3.05, 3.63) is 47.5 Å². The number of carbonyl (C=O) groups is 1. The number of hydrogen-bond acceptors (Lipinski definition) is 5. The van der Waals surface area contributed by atoms with E-state index in [1.165, 1.54) is 22.9 Å². The summed E-state index contributed by atoms with van der Waals surface area (Å²) in [7, 11) is 0. The highest BCUT2D eigenvalue weighted by atomic mass is 32.2. The summed E-state index contributed by atoms with van der Waals surface area (Å²) in [5.74, 6) is 1.81. The van der Waals surface area contributed by atoms with Crippen LogP contribution in [0.4, 0.5) is 5.69 Å². The number of ether oxygens (including phenoxy) is 1. The first kappa shape index (κ1) is 21.2. The quantitative estimate of drug-likeness (QED) is 0.430. The first-order chi connectivity index (χ1) is 14.3. The minimum Gasteiger partial charge on any atom is -0.494 e. The Labute approximate surface area is 186 Å². The normalized spacial score (nSPS) is 17.8. The molecule has 30 heavy (non-hydrogen) atoms. The highest BCUT2D eigenvalue weighted by Crippen LogP contribution is 2.44. The van der Waals surface area contributed by atoms with E-state index < -0.39 is 0 Å². The second-order valence-corrected chi connectivity index (χ2v) is 10.8. The fourth-order valence-electron chi connectivity index (χ4n) is 4.41. The van der Waals surface area contributed by atoms with Gasteiger partial charge in [0.1, 0.15) is 5.75 Å². The summed E-state index contributed by atoms with van der Waals surface area (Å²) in [5.41, 5.74) is 4.31. The first-order valence-electron chi connectivity index (χ1n) is 10.4. The van der Waals surface area contributed by atoms with Gasteiger partial charge in [-0.2, -0.15) is 0 Å². The lowest BCUT2D eigenvalue weighted by Gasteiger charge is -2.46. The molecule has 2 aromatic carbocycles. The van der Waals surface area contributed by atoms with Crippen molar-refractivity contribution in [3.8, 4) is 5.75 Å². The van der Waals surface area contributed by atoms with Crippen LogP contribution in [0, 0.1) is 6.92 Å². The number of thioether (sulfide) groups is 1. The van der Waals surface area contributed by atoms with E-state index in [1.807, 2.05) is 30.0 Å². The van der Waals surface area contributed by atoms with E-state index in [0.29, 0.717) is 18.3 Å². The Morgan fingerprint density at radius 2 is 2.10 bits per heavy atom. The molecular weight excluding hydrogens is 412 g/mol. The van der Waals surface area contributed by atoms with Crippen LogP contribution < -0.4 is 9.64 Å². The van der Waals surface area contributed by atoms with Crippen LogP contribution >= 0.6 is 23.1 Å². The molecule has 158 valence electrons. The molecule has 1 aliphatic rings. The molecule has 4 nitrogen and oxygen atoms in total. The zero-order valence-electron chi connectivity index (χ0n) is 18.2. The second-order valence-electron chi connectivity index (χ2n) is 8.54. The maximum atomic E-state index is 13.4. The molecule has 1 amide bonds. The number of carbonyl (C=O) groups excluding carboxylic acids is 1. The molecule has 0 radical (unpaired) electrons. The molecule has 0 saturated heterocycles. The maximum absolute atomic E-state index is 13.4. The van der Waals surface area contributed by atoms with Gasteiger partial charge < -0.3 is 9.64 Å². The predicted octanol–water partition coefficient (Wildman–Crippen LogP) is 6.41. The molecule has 0 spiro atoms. The molecule has 6 heteroatoms. The molecule has 0 bridgehead atoms. The Hall–Kier alpha value is -2.05. The molecule has 0 saturated carbocycles. The predicted molar refractivity (Wildman–Crippen MR) is 127 cm³/mol. The van der Waals surface area contributed by atoms with Gasteiger partial charge in [-0.3, -0.25) is 4.79 Å². The van der Waals surface area contributed by atoms with E-state index in [2.05, 4.69) is 45.9 Å². The Balaban J connectivity index is 1.55. The molecule has 1 aromatic heterocycles. The van der Waals surface area contributed by atoms with Crippen molar-refractivity contribution in [1.82, 2.24) is 4.98 Å². The summed E-state index contributed by atoms with van der Waals surface area (Å²) in [5, 5.41) is 0. The number of amides is 1. The number of benzene rings is 2. The van der Waals surface area contributed by atoms with E-state index in [-0.39, 0.29) is 11.4 Å². The smallest absolute Gasteiger partial charge is 0.237 e. The summed E-state index contributed by atoms with van der Waals surface area (Å²) in [6.45, 7) is 11.3. The number of fused-ring (bicyclic) bond motifs is 2. The van der Waals surface area contributed by atoms with Crippen molar-refractivity contribution in [2.45, 2.75) is 56.8 Å². The minimum atomic E-state index is -0.209. The highest BCUT2D eigenvalue weighted by molar-refractivity contribution is 8.01. The Morgan fingerprint density at radius 1 is 1.30 bits per heavy atom. The fraction of sp³-hybridized carbons (Fsp3) is 0.417. The number of anilines is 1. The lowest BCUT2D eigenvalue weighted by molar-refractivity contribution is -0.117. The second kappa shape index (κ2) is 8.23. The van der Waals surface area contributed by atoms with E-state index in [9.17, 15) is 4.79 Å². The van der Waals surface area contributed by atoms with Crippen molar-refractivity contribution in [1.29, 1.82) is 0 Å². The molecule has 0 fully saturated rings. The van der Waals surface area contributed by atoms with Gasteiger partial charge >= 0.3 is 0 Å². The van der Waals surface area contributed by atoms with Crippen molar-refractivity contribution in [2.24, 2.45) is 0 Å². The maximum Gasteiger partial charge on any atom is 0.237 e.